The Bertz CT molecular complexity index is 993. The van der Waals surface area contributed by atoms with Crippen LogP contribution >= 0.6 is 0 Å². The first-order valence-corrected chi connectivity index (χ1v) is 6.74. The summed E-state index contributed by atoms with van der Waals surface area (Å²) < 4.78 is 1.97. The fourth-order valence-corrected chi connectivity index (χ4v) is 3.17. The van der Waals surface area contributed by atoms with Crippen LogP contribution in [0.4, 0.5) is 0 Å². The maximum Gasteiger partial charge on any atom is 0.205 e. The van der Waals surface area contributed by atoms with Gasteiger partial charge >= 0.3 is 0 Å². The lowest BCUT2D eigenvalue weighted by atomic mass is 9.96. The molecular formula is C17H12N2O2. The summed E-state index contributed by atoms with van der Waals surface area (Å²) in [5, 5.41) is 2.00. The minimum Gasteiger partial charge on any atom is -0.343 e. The smallest absolute Gasteiger partial charge is 0.205 e. The molecule has 0 bridgehead atoms. The number of hydrogen-bond acceptors (Lipinski definition) is 3. The van der Waals surface area contributed by atoms with Crippen molar-refractivity contribution in [1.82, 2.24) is 9.55 Å². The molecule has 0 spiro atoms. The molecule has 0 amide bonds. The third-order valence-electron chi connectivity index (χ3n) is 4.09. The zero-order valence-electron chi connectivity index (χ0n) is 11.7. The van der Waals surface area contributed by atoms with Gasteiger partial charge in [0.1, 0.15) is 5.69 Å². The Morgan fingerprint density at radius 2 is 1.76 bits per heavy atom. The summed E-state index contributed by atoms with van der Waals surface area (Å²) in [7, 11) is 1.92. The number of ketones is 2. The van der Waals surface area contributed by atoms with E-state index in [0.717, 1.165) is 27.5 Å². The van der Waals surface area contributed by atoms with Gasteiger partial charge in [0, 0.05) is 29.0 Å². The summed E-state index contributed by atoms with van der Waals surface area (Å²) >= 11 is 0. The number of nitrogens with zero attached hydrogens (tertiary/aromatic N) is 2. The van der Waals surface area contributed by atoms with Gasteiger partial charge in [-0.3, -0.25) is 9.59 Å². The van der Waals surface area contributed by atoms with Crippen LogP contribution < -0.4 is 0 Å². The minimum absolute atomic E-state index is 0.159. The molecular weight excluding hydrogens is 264 g/mol. The highest BCUT2D eigenvalue weighted by molar-refractivity contribution is 6.28. The summed E-state index contributed by atoms with van der Waals surface area (Å²) in [6.07, 6.45) is 2.63. The SMILES string of the molecule is Cc1nc2c(c3c1c1ccccc1n3C)C(=O)C=CC2=O. The maximum absolute atomic E-state index is 12.3. The number of aromatic nitrogens is 2. The van der Waals surface area contributed by atoms with Crippen molar-refractivity contribution < 1.29 is 9.59 Å². The summed E-state index contributed by atoms with van der Waals surface area (Å²) in [5.74, 6) is -0.368. The van der Waals surface area contributed by atoms with Gasteiger partial charge in [-0.05, 0) is 25.1 Å². The Balaban J connectivity index is 2.34. The van der Waals surface area contributed by atoms with Gasteiger partial charge < -0.3 is 4.57 Å². The molecule has 0 atom stereocenters. The molecule has 0 saturated carbocycles. The predicted octanol–water partition coefficient (Wildman–Crippen LogP) is 2.97. The molecule has 0 fully saturated rings. The lowest BCUT2D eigenvalue weighted by Gasteiger charge is -2.12. The first-order chi connectivity index (χ1) is 10.1. The van der Waals surface area contributed by atoms with Crippen LogP contribution in [0.2, 0.25) is 0 Å². The quantitative estimate of drug-likeness (QED) is 0.634. The fourth-order valence-electron chi connectivity index (χ4n) is 3.17. The van der Waals surface area contributed by atoms with Gasteiger partial charge in [-0.2, -0.15) is 0 Å². The first-order valence-electron chi connectivity index (χ1n) is 6.74. The highest BCUT2D eigenvalue weighted by Gasteiger charge is 2.27. The number of benzene rings is 1. The number of hydrogen-bond donors (Lipinski definition) is 0. The van der Waals surface area contributed by atoms with Crippen LogP contribution in [-0.4, -0.2) is 21.1 Å². The standard InChI is InChI=1S/C17H12N2O2/c1-9-14-10-5-3-4-6-11(10)19(2)17(14)15-12(20)7-8-13(21)16(15)18-9/h3-8H,1-2H3. The van der Waals surface area contributed by atoms with Gasteiger partial charge in [0.2, 0.25) is 5.78 Å². The van der Waals surface area contributed by atoms with Crippen molar-refractivity contribution in [2.24, 2.45) is 7.05 Å². The van der Waals surface area contributed by atoms with E-state index < -0.39 is 0 Å². The molecule has 2 aromatic heterocycles. The van der Waals surface area contributed by atoms with Crippen molar-refractivity contribution in [1.29, 1.82) is 0 Å². The van der Waals surface area contributed by atoms with Crippen molar-refractivity contribution in [2.45, 2.75) is 6.92 Å². The first kappa shape index (κ1) is 12.0. The molecule has 1 aliphatic rings. The molecule has 4 heteroatoms. The largest absolute Gasteiger partial charge is 0.343 e. The third-order valence-corrected chi connectivity index (χ3v) is 4.09. The van der Waals surface area contributed by atoms with Crippen LogP contribution in [0.3, 0.4) is 0 Å². The number of carbonyl (C=O) groups excluding carboxylic acids is 2. The molecule has 0 radical (unpaired) electrons. The van der Waals surface area contributed by atoms with Gasteiger partial charge in [-0.25, -0.2) is 4.98 Å². The van der Waals surface area contributed by atoms with Crippen LogP contribution in [-0.2, 0) is 7.05 Å². The average Bonchev–Trinajstić information content (AvgIpc) is 2.78. The van der Waals surface area contributed by atoms with Crippen LogP contribution in [0.1, 0.15) is 26.5 Å². The summed E-state index contributed by atoms with van der Waals surface area (Å²) in [6.45, 7) is 1.88. The summed E-state index contributed by atoms with van der Waals surface area (Å²) in [6, 6.07) is 7.95. The molecule has 102 valence electrons. The molecule has 1 aromatic carbocycles. The zero-order valence-corrected chi connectivity index (χ0v) is 11.7. The predicted molar refractivity (Wildman–Crippen MR) is 80.8 cm³/mol. The Morgan fingerprint density at radius 1 is 1.05 bits per heavy atom. The Kier molecular flexibility index (Phi) is 2.22. The van der Waals surface area contributed by atoms with Crippen molar-refractivity contribution in [2.75, 3.05) is 0 Å². The van der Waals surface area contributed by atoms with E-state index >= 15 is 0 Å². The van der Waals surface area contributed by atoms with Gasteiger partial charge in [0.15, 0.2) is 5.78 Å². The van der Waals surface area contributed by atoms with Gasteiger partial charge in [0.05, 0.1) is 11.1 Å². The fraction of sp³-hybridized carbons (Fsp3) is 0.118. The molecule has 1 aliphatic carbocycles. The van der Waals surface area contributed by atoms with E-state index in [2.05, 4.69) is 4.98 Å². The number of carbonyl (C=O) groups is 2. The van der Waals surface area contributed by atoms with Crippen molar-refractivity contribution in [3.05, 3.63) is 53.4 Å². The Hall–Kier alpha value is -2.75. The van der Waals surface area contributed by atoms with Gasteiger partial charge in [-0.15, -0.1) is 0 Å². The number of fused-ring (bicyclic) bond motifs is 5. The van der Waals surface area contributed by atoms with Gasteiger partial charge in [0.25, 0.3) is 0 Å². The molecule has 0 N–H and O–H groups in total. The average molecular weight is 276 g/mol. The topological polar surface area (TPSA) is 52.0 Å². The number of para-hydroxylation sites is 1. The Morgan fingerprint density at radius 3 is 2.57 bits per heavy atom. The van der Waals surface area contributed by atoms with E-state index in [1.54, 1.807) is 0 Å². The number of pyridine rings is 1. The Labute approximate surface area is 120 Å². The van der Waals surface area contributed by atoms with Crippen LogP contribution in [0.25, 0.3) is 21.8 Å². The van der Waals surface area contributed by atoms with E-state index in [4.69, 9.17) is 0 Å². The third kappa shape index (κ3) is 1.41. The van der Waals surface area contributed by atoms with E-state index in [1.165, 1.54) is 12.2 Å². The molecule has 2 heterocycles. The lowest BCUT2D eigenvalue weighted by molar-refractivity contribution is 0.0991. The molecule has 4 nitrogen and oxygen atoms in total. The van der Waals surface area contributed by atoms with Crippen molar-refractivity contribution >= 4 is 33.4 Å². The van der Waals surface area contributed by atoms with Gasteiger partial charge in [-0.1, -0.05) is 18.2 Å². The lowest BCUT2D eigenvalue weighted by Crippen LogP contribution is -2.16. The second kappa shape index (κ2) is 3.88. The maximum atomic E-state index is 12.3. The second-order valence-electron chi connectivity index (χ2n) is 5.28. The molecule has 0 aliphatic heterocycles. The van der Waals surface area contributed by atoms with Crippen LogP contribution in [0.5, 0.6) is 0 Å². The number of rotatable bonds is 0. The number of allylic oxidation sites excluding steroid dienone is 2. The van der Waals surface area contributed by atoms with E-state index in [-0.39, 0.29) is 17.3 Å². The van der Waals surface area contributed by atoms with E-state index in [1.807, 2.05) is 42.8 Å². The normalized spacial score (nSPS) is 14.2. The van der Waals surface area contributed by atoms with Crippen LogP contribution in [0, 0.1) is 6.92 Å². The zero-order chi connectivity index (χ0) is 14.7. The molecule has 3 aromatic rings. The number of aryl methyl sites for hydroxylation is 2. The molecule has 0 unspecified atom stereocenters. The highest BCUT2D eigenvalue weighted by Crippen LogP contribution is 2.34. The summed E-state index contributed by atoms with van der Waals surface area (Å²) in [4.78, 5) is 28.7. The second-order valence-corrected chi connectivity index (χ2v) is 5.28. The van der Waals surface area contributed by atoms with E-state index in [0.29, 0.717) is 5.56 Å². The molecule has 4 rings (SSSR count). The van der Waals surface area contributed by atoms with Crippen molar-refractivity contribution in [3.8, 4) is 0 Å². The highest BCUT2D eigenvalue weighted by atomic mass is 16.1. The van der Waals surface area contributed by atoms with Crippen molar-refractivity contribution in [3.63, 3.8) is 0 Å². The van der Waals surface area contributed by atoms with E-state index in [9.17, 15) is 9.59 Å². The monoisotopic (exact) mass is 276 g/mol. The minimum atomic E-state index is -0.208. The summed E-state index contributed by atoms with van der Waals surface area (Å²) in [5.41, 5.74) is 3.28. The molecule has 21 heavy (non-hydrogen) atoms. The van der Waals surface area contributed by atoms with Crippen LogP contribution in [0.15, 0.2) is 36.4 Å². The molecule has 0 saturated heterocycles.